The van der Waals surface area contributed by atoms with E-state index in [0.717, 1.165) is 11.4 Å². The molecule has 0 saturated carbocycles. The first-order chi connectivity index (χ1) is 28.0. The van der Waals surface area contributed by atoms with Crippen molar-refractivity contribution in [1.29, 1.82) is 0 Å². The fraction of sp³-hybridized carbons (Fsp3) is 0.158. The third kappa shape index (κ3) is 4.32. The van der Waals surface area contributed by atoms with Crippen LogP contribution in [0, 0.1) is 0 Å². The van der Waals surface area contributed by atoms with Crippen LogP contribution in [0.4, 0.5) is 17.1 Å². The molecule has 9 aromatic rings. The summed E-state index contributed by atoms with van der Waals surface area (Å²) in [6.45, 7) is 14.4. The van der Waals surface area contributed by atoms with Crippen LogP contribution in [-0.4, -0.2) is 0 Å². The van der Waals surface area contributed by atoms with E-state index in [1.165, 1.54) is 105 Å². The minimum Gasteiger partial charge on any atom is -0.310 e. The van der Waals surface area contributed by atoms with Crippen LogP contribution in [0.25, 0.3) is 65.7 Å². The second-order valence-corrected chi connectivity index (χ2v) is 18.5. The molecule has 0 bridgehead atoms. The molecule has 1 heteroatoms. The van der Waals surface area contributed by atoms with Gasteiger partial charge in [0.15, 0.2) is 0 Å². The maximum absolute atomic E-state index is 2.55. The van der Waals surface area contributed by atoms with E-state index in [1.54, 1.807) is 0 Å². The lowest BCUT2D eigenvalue weighted by Gasteiger charge is -2.29. The number of fused-ring (bicyclic) bond motifs is 15. The Morgan fingerprint density at radius 2 is 0.828 bits per heavy atom. The van der Waals surface area contributed by atoms with Gasteiger partial charge in [-0.05, 0) is 148 Å². The molecule has 0 N–H and O–H groups in total. The highest BCUT2D eigenvalue weighted by atomic mass is 15.1. The van der Waals surface area contributed by atoms with Gasteiger partial charge in [0, 0.05) is 33.3 Å². The van der Waals surface area contributed by atoms with E-state index in [4.69, 9.17) is 0 Å². The normalized spacial score (nSPS) is 15.8. The van der Waals surface area contributed by atoms with Crippen LogP contribution >= 0.6 is 0 Å². The summed E-state index contributed by atoms with van der Waals surface area (Å²) in [6, 6.07) is 62.1. The molecule has 0 amide bonds. The second-order valence-electron chi connectivity index (χ2n) is 18.5. The zero-order chi connectivity index (χ0) is 39.3. The average Bonchev–Trinajstić information content (AvgIpc) is 3.72. The Balaban J connectivity index is 1.00. The molecule has 3 aliphatic rings. The molecular formula is C57H45N. The highest BCUT2D eigenvalue weighted by Crippen LogP contribution is 2.58. The van der Waals surface area contributed by atoms with Crippen molar-refractivity contribution in [2.75, 3.05) is 4.90 Å². The van der Waals surface area contributed by atoms with E-state index in [1.807, 2.05) is 0 Å². The van der Waals surface area contributed by atoms with E-state index in [0.29, 0.717) is 0 Å². The molecule has 0 aliphatic heterocycles. The summed E-state index contributed by atoms with van der Waals surface area (Å²) < 4.78 is 0. The number of hydrogen-bond acceptors (Lipinski definition) is 1. The molecule has 0 atom stereocenters. The quantitative estimate of drug-likeness (QED) is 0.174. The van der Waals surface area contributed by atoms with Gasteiger partial charge in [0.2, 0.25) is 0 Å². The Labute approximate surface area is 341 Å². The van der Waals surface area contributed by atoms with Crippen molar-refractivity contribution < 1.29 is 0 Å². The Morgan fingerprint density at radius 3 is 1.55 bits per heavy atom. The molecule has 278 valence electrons. The number of rotatable bonds is 3. The van der Waals surface area contributed by atoms with Gasteiger partial charge in [-0.2, -0.15) is 0 Å². The molecule has 0 heterocycles. The SMILES string of the molecule is CC1(C)c2cc(N(c3ccccc3)c3ccc4c5c(ccc4c3)-c3c(ccc4ccccc34)C5(C)C)ccc2-c2cc3c(cc21)-c1c(ccc2ccccc12)C3(C)C. The molecule has 0 aromatic heterocycles. The number of anilines is 3. The zero-order valence-corrected chi connectivity index (χ0v) is 34.0. The van der Waals surface area contributed by atoms with E-state index in [9.17, 15) is 0 Å². The van der Waals surface area contributed by atoms with Crippen molar-refractivity contribution >= 4 is 49.4 Å². The lowest BCUT2D eigenvalue weighted by Crippen LogP contribution is -2.17. The summed E-state index contributed by atoms with van der Waals surface area (Å²) in [5.41, 5.74) is 19.9. The van der Waals surface area contributed by atoms with Crippen LogP contribution in [-0.2, 0) is 16.2 Å². The molecule has 0 fully saturated rings. The van der Waals surface area contributed by atoms with Crippen LogP contribution in [0.5, 0.6) is 0 Å². The minimum absolute atomic E-state index is 0.0807. The molecule has 12 rings (SSSR count). The molecule has 0 spiro atoms. The third-order valence-corrected chi connectivity index (χ3v) is 14.4. The smallest absolute Gasteiger partial charge is 0.0468 e. The predicted octanol–water partition coefficient (Wildman–Crippen LogP) is 15.5. The summed E-state index contributed by atoms with van der Waals surface area (Å²) in [5, 5.41) is 7.89. The summed E-state index contributed by atoms with van der Waals surface area (Å²) in [4.78, 5) is 2.45. The van der Waals surface area contributed by atoms with Crippen molar-refractivity contribution in [2.45, 2.75) is 57.8 Å². The first-order valence-corrected chi connectivity index (χ1v) is 20.8. The van der Waals surface area contributed by atoms with Gasteiger partial charge < -0.3 is 4.90 Å². The second kappa shape index (κ2) is 11.4. The van der Waals surface area contributed by atoms with Crippen molar-refractivity contribution in [2.24, 2.45) is 0 Å². The summed E-state index contributed by atoms with van der Waals surface area (Å²) in [7, 11) is 0. The zero-order valence-electron chi connectivity index (χ0n) is 34.0. The van der Waals surface area contributed by atoms with Gasteiger partial charge in [-0.25, -0.2) is 0 Å². The predicted molar refractivity (Wildman–Crippen MR) is 246 cm³/mol. The van der Waals surface area contributed by atoms with Gasteiger partial charge in [0.1, 0.15) is 0 Å². The molecule has 1 nitrogen and oxygen atoms in total. The fourth-order valence-electron chi connectivity index (χ4n) is 11.4. The van der Waals surface area contributed by atoms with E-state index >= 15 is 0 Å². The van der Waals surface area contributed by atoms with Gasteiger partial charge in [-0.3, -0.25) is 0 Å². The minimum atomic E-state index is -0.176. The fourth-order valence-corrected chi connectivity index (χ4v) is 11.4. The standard InChI is InChI=1S/C57H45N/c1-55(2)47-28-21-35-15-11-13-19-41(35)53(47)46-33-50-45(32-51(46)55)43-27-24-39(31-49(43)56(50,3)4)58(37-16-8-7-9-17-37)38-23-26-42-36(30-38)20-25-44-52-40-18-12-10-14-34(40)22-29-48(52)57(5,6)54(42)44/h7-33H,1-6H3. The highest BCUT2D eigenvalue weighted by molar-refractivity contribution is 6.08. The first kappa shape index (κ1) is 33.7. The summed E-state index contributed by atoms with van der Waals surface area (Å²) >= 11 is 0. The Hall–Kier alpha value is -6.44. The highest BCUT2D eigenvalue weighted by Gasteiger charge is 2.43. The van der Waals surface area contributed by atoms with Gasteiger partial charge in [-0.1, -0.05) is 157 Å². The number of para-hydroxylation sites is 1. The Morgan fingerprint density at radius 1 is 0.310 bits per heavy atom. The summed E-state index contributed by atoms with van der Waals surface area (Å²) in [5.74, 6) is 0. The topological polar surface area (TPSA) is 3.24 Å². The van der Waals surface area contributed by atoms with Crippen LogP contribution in [0.15, 0.2) is 164 Å². The van der Waals surface area contributed by atoms with E-state index in [2.05, 4.69) is 210 Å². The van der Waals surface area contributed by atoms with Crippen molar-refractivity contribution in [3.8, 4) is 33.4 Å². The van der Waals surface area contributed by atoms with Gasteiger partial charge in [-0.15, -0.1) is 0 Å². The van der Waals surface area contributed by atoms with Crippen LogP contribution in [0.1, 0.15) is 74.9 Å². The maximum Gasteiger partial charge on any atom is 0.0468 e. The van der Waals surface area contributed by atoms with Crippen molar-refractivity contribution in [3.05, 3.63) is 197 Å². The van der Waals surface area contributed by atoms with Crippen LogP contribution in [0.3, 0.4) is 0 Å². The molecule has 58 heavy (non-hydrogen) atoms. The lowest BCUT2D eigenvalue weighted by atomic mass is 9.79. The number of benzene rings is 9. The Bertz CT molecular complexity index is 3250. The van der Waals surface area contributed by atoms with Crippen LogP contribution in [0.2, 0.25) is 0 Å². The number of hydrogen-bond donors (Lipinski definition) is 0. The first-order valence-electron chi connectivity index (χ1n) is 20.8. The molecule has 3 aliphatic carbocycles. The van der Waals surface area contributed by atoms with Gasteiger partial charge in [0.05, 0.1) is 0 Å². The van der Waals surface area contributed by atoms with Gasteiger partial charge >= 0.3 is 0 Å². The van der Waals surface area contributed by atoms with E-state index in [-0.39, 0.29) is 16.2 Å². The molecule has 0 radical (unpaired) electrons. The molecule has 9 aromatic carbocycles. The third-order valence-electron chi connectivity index (χ3n) is 14.4. The number of nitrogens with zero attached hydrogens (tertiary/aromatic N) is 1. The molecule has 0 unspecified atom stereocenters. The van der Waals surface area contributed by atoms with Crippen molar-refractivity contribution in [3.63, 3.8) is 0 Å². The van der Waals surface area contributed by atoms with E-state index < -0.39 is 0 Å². The lowest BCUT2D eigenvalue weighted by molar-refractivity contribution is 0.652. The van der Waals surface area contributed by atoms with Crippen molar-refractivity contribution in [1.82, 2.24) is 0 Å². The summed E-state index contributed by atoms with van der Waals surface area (Å²) in [6.07, 6.45) is 0. The maximum atomic E-state index is 2.55. The monoisotopic (exact) mass is 743 g/mol. The van der Waals surface area contributed by atoms with Crippen LogP contribution < -0.4 is 4.90 Å². The Kier molecular flexibility index (Phi) is 6.60. The molecular weight excluding hydrogens is 699 g/mol. The largest absolute Gasteiger partial charge is 0.310 e. The van der Waals surface area contributed by atoms with Gasteiger partial charge in [0.25, 0.3) is 0 Å². The molecule has 0 saturated heterocycles. The average molecular weight is 744 g/mol.